The normalized spacial score (nSPS) is 20.7. The standard InChI is InChI=1S/C11H18ClN3/c1-7(2)15-9(8(12)6-14-15)10(13)11(3)4-5-11/h6-7,10H,4-5,13H2,1-3H3. The molecule has 84 valence electrons. The number of rotatable bonds is 3. The SMILES string of the molecule is CC(C)n1ncc(Cl)c1C(N)C1(C)CC1. The minimum Gasteiger partial charge on any atom is -0.322 e. The molecule has 4 heteroatoms. The highest BCUT2D eigenvalue weighted by molar-refractivity contribution is 6.31. The lowest BCUT2D eigenvalue weighted by Gasteiger charge is -2.22. The largest absolute Gasteiger partial charge is 0.322 e. The molecule has 1 saturated carbocycles. The van der Waals surface area contributed by atoms with Crippen molar-refractivity contribution in [1.29, 1.82) is 0 Å². The maximum absolute atomic E-state index is 6.27. The molecule has 1 atom stereocenters. The molecule has 0 amide bonds. The van der Waals surface area contributed by atoms with E-state index >= 15 is 0 Å². The lowest BCUT2D eigenvalue weighted by molar-refractivity contribution is 0.398. The average Bonchev–Trinajstić information content (AvgIpc) is 2.78. The van der Waals surface area contributed by atoms with Crippen molar-refractivity contribution in [2.45, 2.75) is 45.7 Å². The number of hydrogen-bond donors (Lipinski definition) is 1. The molecule has 1 heterocycles. The highest BCUT2D eigenvalue weighted by Crippen LogP contribution is 2.54. The first-order valence-electron chi connectivity index (χ1n) is 5.44. The van der Waals surface area contributed by atoms with E-state index in [4.69, 9.17) is 17.3 Å². The van der Waals surface area contributed by atoms with Crippen LogP contribution < -0.4 is 5.73 Å². The van der Waals surface area contributed by atoms with Gasteiger partial charge in [-0.3, -0.25) is 4.68 Å². The molecule has 1 aliphatic rings. The summed E-state index contributed by atoms with van der Waals surface area (Å²) < 4.78 is 1.94. The van der Waals surface area contributed by atoms with Crippen molar-refractivity contribution in [3.63, 3.8) is 0 Å². The van der Waals surface area contributed by atoms with Crippen LogP contribution in [0.3, 0.4) is 0 Å². The molecule has 1 aromatic heterocycles. The van der Waals surface area contributed by atoms with Crippen LogP contribution in [0.5, 0.6) is 0 Å². The zero-order chi connectivity index (χ0) is 11.2. The quantitative estimate of drug-likeness (QED) is 0.863. The second kappa shape index (κ2) is 3.49. The van der Waals surface area contributed by atoms with Crippen molar-refractivity contribution < 1.29 is 0 Å². The van der Waals surface area contributed by atoms with Gasteiger partial charge in [-0.05, 0) is 32.1 Å². The number of hydrogen-bond acceptors (Lipinski definition) is 2. The summed E-state index contributed by atoms with van der Waals surface area (Å²) in [6, 6.07) is 0.316. The van der Waals surface area contributed by atoms with E-state index in [9.17, 15) is 0 Å². The number of nitrogens with zero attached hydrogens (tertiary/aromatic N) is 2. The van der Waals surface area contributed by atoms with E-state index in [1.54, 1.807) is 6.20 Å². The highest BCUT2D eigenvalue weighted by atomic mass is 35.5. The van der Waals surface area contributed by atoms with Gasteiger partial charge in [-0.2, -0.15) is 5.10 Å². The summed E-state index contributed by atoms with van der Waals surface area (Å²) in [6.45, 7) is 6.40. The number of nitrogens with two attached hydrogens (primary N) is 1. The molecule has 0 spiro atoms. The molecule has 0 aliphatic heterocycles. The average molecular weight is 228 g/mol. The molecule has 0 saturated heterocycles. The van der Waals surface area contributed by atoms with Crippen LogP contribution in [-0.4, -0.2) is 9.78 Å². The fraction of sp³-hybridized carbons (Fsp3) is 0.727. The van der Waals surface area contributed by atoms with E-state index in [0.717, 1.165) is 5.69 Å². The molecular formula is C11H18ClN3. The van der Waals surface area contributed by atoms with E-state index in [0.29, 0.717) is 11.1 Å². The minimum absolute atomic E-state index is 0.00917. The van der Waals surface area contributed by atoms with Gasteiger partial charge in [-0.25, -0.2) is 0 Å². The van der Waals surface area contributed by atoms with Crippen molar-refractivity contribution in [3.05, 3.63) is 16.9 Å². The Morgan fingerprint density at radius 2 is 2.13 bits per heavy atom. The lowest BCUT2D eigenvalue weighted by atomic mass is 9.96. The van der Waals surface area contributed by atoms with Gasteiger partial charge in [0.15, 0.2) is 0 Å². The molecule has 1 aliphatic carbocycles. The predicted molar refractivity (Wildman–Crippen MR) is 61.9 cm³/mol. The zero-order valence-corrected chi connectivity index (χ0v) is 10.3. The van der Waals surface area contributed by atoms with E-state index in [-0.39, 0.29) is 11.5 Å². The smallest absolute Gasteiger partial charge is 0.0834 e. The second-order valence-electron chi connectivity index (χ2n) is 5.05. The summed E-state index contributed by atoms with van der Waals surface area (Å²) in [5.74, 6) is 0. The Morgan fingerprint density at radius 3 is 2.60 bits per heavy atom. The Labute approximate surface area is 95.6 Å². The van der Waals surface area contributed by atoms with Crippen LogP contribution in [0.1, 0.15) is 51.4 Å². The van der Waals surface area contributed by atoms with Crippen LogP contribution >= 0.6 is 11.6 Å². The van der Waals surface area contributed by atoms with Crippen LogP contribution in [0, 0.1) is 5.41 Å². The maximum atomic E-state index is 6.27. The highest BCUT2D eigenvalue weighted by Gasteiger charge is 2.45. The molecule has 0 aromatic carbocycles. The molecular weight excluding hydrogens is 210 g/mol. The summed E-state index contributed by atoms with van der Waals surface area (Å²) in [4.78, 5) is 0. The van der Waals surface area contributed by atoms with E-state index in [1.807, 2.05) is 4.68 Å². The third kappa shape index (κ3) is 1.79. The molecule has 1 aromatic rings. The molecule has 1 unspecified atom stereocenters. The summed E-state index contributed by atoms with van der Waals surface area (Å²) in [5, 5.41) is 4.98. The second-order valence-corrected chi connectivity index (χ2v) is 5.45. The first-order valence-corrected chi connectivity index (χ1v) is 5.82. The Hall–Kier alpha value is -0.540. The summed E-state index contributed by atoms with van der Waals surface area (Å²) in [5.41, 5.74) is 7.50. The third-order valence-electron chi connectivity index (χ3n) is 3.36. The fourth-order valence-electron chi connectivity index (χ4n) is 1.89. The van der Waals surface area contributed by atoms with Gasteiger partial charge in [0.1, 0.15) is 0 Å². The Bertz CT molecular complexity index is 366. The molecule has 15 heavy (non-hydrogen) atoms. The van der Waals surface area contributed by atoms with Gasteiger partial charge in [0.2, 0.25) is 0 Å². The van der Waals surface area contributed by atoms with Crippen LogP contribution in [-0.2, 0) is 0 Å². The number of halogens is 1. The Balaban J connectivity index is 2.37. The molecule has 2 N–H and O–H groups in total. The topological polar surface area (TPSA) is 43.8 Å². The molecule has 3 nitrogen and oxygen atoms in total. The van der Waals surface area contributed by atoms with Crippen LogP contribution in [0.25, 0.3) is 0 Å². The fourth-order valence-corrected chi connectivity index (χ4v) is 2.14. The molecule has 0 bridgehead atoms. The van der Waals surface area contributed by atoms with Gasteiger partial charge >= 0.3 is 0 Å². The summed E-state index contributed by atoms with van der Waals surface area (Å²) >= 11 is 6.15. The first-order chi connectivity index (χ1) is 6.96. The molecule has 0 radical (unpaired) electrons. The summed E-state index contributed by atoms with van der Waals surface area (Å²) in [7, 11) is 0. The van der Waals surface area contributed by atoms with Crippen molar-refractivity contribution in [2.24, 2.45) is 11.1 Å². The van der Waals surface area contributed by atoms with Gasteiger partial charge < -0.3 is 5.73 Å². The van der Waals surface area contributed by atoms with Gasteiger partial charge in [-0.15, -0.1) is 0 Å². The Morgan fingerprint density at radius 1 is 1.53 bits per heavy atom. The Kier molecular flexibility index (Phi) is 2.55. The van der Waals surface area contributed by atoms with E-state index in [1.165, 1.54) is 12.8 Å². The van der Waals surface area contributed by atoms with Gasteiger partial charge in [-0.1, -0.05) is 18.5 Å². The number of aromatic nitrogens is 2. The van der Waals surface area contributed by atoms with Crippen molar-refractivity contribution >= 4 is 11.6 Å². The van der Waals surface area contributed by atoms with Crippen LogP contribution in [0.4, 0.5) is 0 Å². The van der Waals surface area contributed by atoms with Crippen molar-refractivity contribution in [1.82, 2.24) is 9.78 Å². The van der Waals surface area contributed by atoms with Gasteiger partial charge in [0.25, 0.3) is 0 Å². The third-order valence-corrected chi connectivity index (χ3v) is 3.65. The minimum atomic E-state index is 0.00917. The van der Waals surface area contributed by atoms with Crippen molar-refractivity contribution in [3.8, 4) is 0 Å². The van der Waals surface area contributed by atoms with Crippen LogP contribution in [0.15, 0.2) is 6.20 Å². The molecule has 2 rings (SSSR count). The van der Waals surface area contributed by atoms with E-state index in [2.05, 4.69) is 25.9 Å². The van der Waals surface area contributed by atoms with Crippen LogP contribution in [0.2, 0.25) is 5.02 Å². The maximum Gasteiger partial charge on any atom is 0.0834 e. The lowest BCUT2D eigenvalue weighted by Crippen LogP contribution is -2.24. The van der Waals surface area contributed by atoms with Gasteiger partial charge in [0, 0.05) is 6.04 Å². The monoisotopic (exact) mass is 227 g/mol. The molecule has 1 fully saturated rings. The van der Waals surface area contributed by atoms with E-state index < -0.39 is 0 Å². The van der Waals surface area contributed by atoms with Crippen molar-refractivity contribution in [2.75, 3.05) is 0 Å². The zero-order valence-electron chi connectivity index (χ0n) is 9.50. The van der Waals surface area contributed by atoms with Gasteiger partial charge in [0.05, 0.1) is 23.0 Å². The predicted octanol–water partition coefficient (Wildman–Crippen LogP) is 2.92. The first kappa shape index (κ1) is 11.0. The summed E-state index contributed by atoms with van der Waals surface area (Å²) in [6.07, 6.45) is 4.07.